The minimum Gasteiger partial charge on any atom is -0.478 e. The quantitative estimate of drug-likeness (QED) is 0.388. The minimum atomic E-state index is -4.07. The Kier molecular flexibility index (Phi) is 7.84. The summed E-state index contributed by atoms with van der Waals surface area (Å²) in [5, 5.41) is 12.9. The molecule has 1 aromatic heterocycles. The number of aromatic nitrogens is 1. The van der Waals surface area contributed by atoms with Gasteiger partial charge in [0.05, 0.1) is 34.6 Å². The highest BCUT2D eigenvalue weighted by Gasteiger charge is 2.24. The smallest absolute Gasteiger partial charge is 0.337 e. The monoisotopic (exact) mass is 473 g/mol. The van der Waals surface area contributed by atoms with Crippen molar-refractivity contribution in [1.82, 2.24) is 9.71 Å². The van der Waals surface area contributed by atoms with Crippen LogP contribution in [0.15, 0.2) is 71.8 Å². The Morgan fingerprint density at radius 3 is 2.47 bits per heavy atom. The maximum absolute atomic E-state index is 12.8. The molecule has 0 saturated heterocycles. The Hall–Kier alpha value is -2.94. The van der Waals surface area contributed by atoms with Gasteiger partial charge in [-0.15, -0.1) is 0 Å². The first-order valence-electron chi connectivity index (χ1n) is 10.1. The molecule has 1 unspecified atom stereocenters. The van der Waals surface area contributed by atoms with Gasteiger partial charge in [0.25, 0.3) is 0 Å². The Balaban J connectivity index is 1.92. The highest BCUT2D eigenvalue weighted by molar-refractivity contribution is 7.89. The fourth-order valence-electron chi connectivity index (χ4n) is 3.29. The molecule has 0 radical (unpaired) electrons. The molecular formula is C23H24ClN3O4S. The van der Waals surface area contributed by atoms with Crippen molar-refractivity contribution >= 4 is 33.3 Å². The van der Waals surface area contributed by atoms with Crippen molar-refractivity contribution in [3.63, 3.8) is 0 Å². The van der Waals surface area contributed by atoms with E-state index in [1.54, 1.807) is 24.4 Å². The number of benzene rings is 2. The van der Waals surface area contributed by atoms with Crippen LogP contribution >= 0.6 is 11.6 Å². The number of nitrogens with zero attached hydrogens (tertiary/aromatic N) is 1. The second-order valence-corrected chi connectivity index (χ2v) is 9.32. The third-order valence-electron chi connectivity index (χ3n) is 4.87. The summed E-state index contributed by atoms with van der Waals surface area (Å²) >= 11 is 6.31. The first-order valence-corrected chi connectivity index (χ1v) is 12.0. The topological polar surface area (TPSA) is 108 Å². The summed E-state index contributed by atoms with van der Waals surface area (Å²) in [5.74, 6) is -1.26. The molecule has 0 saturated carbocycles. The van der Waals surface area contributed by atoms with Crippen LogP contribution in [0.2, 0.25) is 5.02 Å². The van der Waals surface area contributed by atoms with Gasteiger partial charge in [0, 0.05) is 6.20 Å². The molecule has 32 heavy (non-hydrogen) atoms. The van der Waals surface area contributed by atoms with Gasteiger partial charge in [0.1, 0.15) is 4.90 Å². The lowest BCUT2D eigenvalue weighted by Gasteiger charge is -2.22. The Bertz CT molecular complexity index is 1170. The first kappa shape index (κ1) is 23.7. The van der Waals surface area contributed by atoms with Gasteiger partial charge in [0.15, 0.2) is 0 Å². The summed E-state index contributed by atoms with van der Waals surface area (Å²) in [6, 6.07) is 17.1. The zero-order valence-corrected chi connectivity index (χ0v) is 19.0. The molecule has 0 spiro atoms. The van der Waals surface area contributed by atoms with Gasteiger partial charge < -0.3 is 10.4 Å². The molecule has 7 nitrogen and oxygen atoms in total. The largest absolute Gasteiger partial charge is 0.478 e. The van der Waals surface area contributed by atoms with Gasteiger partial charge >= 0.3 is 5.97 Å². The highest BCUT2D eigenvalue weighted by atomic mass is 35.5. The van der Waals surface area contributed by atoms with E-state index in [1.165, 1.54) is 6.07 Å². The van der Waals surface area contributed by atoms with Gasteiger partial charge in [0.2, 0.25) is 10.0 Å². The van der Waals surface area contributed by atoms with Crippen LogP contribution in [-0.2, 0) is 16.6 Å². The Labute approximate surface area is 192 Å². The lowest BCUT2D eigenvalue weighted by atomic mass is 10.0. The maximum atomic E-state index is 12.8. The molecule has 0 aliphatic rings. The van der Waals surface area contributed by atoms with E-state index < -0.39 is 16.0 Å². The van der Waals surface area contributed by atoms with Crippen LogP contribution in [0.4, 0.5) is 5.69 Å². The van der Waals surface area contributed by atoms with E-state index in [1.807, 2.05) is 37.3 Å². The molecule has 3 N–H and O–H groups in total. The van der Waals surface area contributed by atoms with Crippen LogP contribution in [-0.4, -0.2) is 24.5 Å². The molecule has 0 aliphatic heterocycles. The van der Waals surface area contributed by atoms with E-state index in [0.29, 0.717) is 5.69 Å². The van der Waals surface area contributed by atoms with Crippen molar-refractivity contribution in [1.29, 1.82) is 0 Å². The third kappa shape index (κ3) is 5.85. The normalized spacial score (nSPS) is 12.3. The fourth-order valence-corrected chi connectivity index (χ4v) is 4.84. The molecule has 3 aromatic rings. The summed E-state index contributed by atoms with van der Waals surface area (Å²) < 4.78 is 28.1. The zero-order chi connectivity index (χ0) is 23.1. The van der Waals surface area contributed by atoms with Crippen LogP contribution in [0.3, 0.4) is 0 Å². The second-order valence-electron chi connectivity index (χ2n) is 7.18. The number of rotatable bonds is 10. The molecule has 2 aromatic carbocycles. The van der Waals surface area contributed by atoms with E-state index in [0.717, 1.165) is 24.5 Å². The third-order valence-corrected chi connectivity index (χ3v) is 6.74. The number of hydrogen-bond acceptors (Lipinski definition) is 5. The molecule has 1 atom stereocenters. The number of pyridine rings is 1. The van der Waals surface area contributed by atoms with Gasteiger partial charge in [-0.05, 0) is 36.2 Å². The summed E-state index contributed by atoms with van der Waals surface area (Å²) in [5.41, 5.74) is 1.60. The standard InChI is InChI=1S/C23H24ClN3O4S/c1-2-8-20(16-9-4-3-5-10-16)27-21-14-19(24)22(13-18(21)23(28)29)32(30,31)26-15-17-11-6-7-12-25-17/h3-7,9-14,20,26-27H,2,8,15H2,1H3,(H,28,29). The number of hydrogen-bond donors (Lipinski definition) is 3. The number of carbonyl (C=O) groups is 1. The van der Waals surface area contributed by atoms with Crippen molar-refractivity contribution in [3.8, 4) is 0 Å². The lowest BCUT2D eigenvalue weighted by molar-refractivity contribution is 0.0697. The van der Waals surface area contributed by atoms with Gasteiger partial charge in [-0.2, -0.15) is 0 Å². The van der Waals surface area contributed by atoms with Crippen LogP contribution < -0.4 is 10.0 Å². The van der Waals surface area contributed by atoms with Crippen molar-refractivity contribution in [3.05, 3.63) is 88.7 Å². The van der Waals surface area contributed by atoms with Gasteiger partial charge in [-0.1, -0.05) is 61.3 Å². The zero-order valence-electron chi connectivity index (χ0n) is 17.5. The van der Waals surface area contributed by atoms with Crippen molar-refractivity contribution < 1.29 is 18.3 Å². The van der Waals surface area contributed by atoms with Crippen molar-refractivity contribution in [2.45, 2.75) is 37.2 Å². The minimum absolute atomic E-state index is 0.0471. The molecule has 1 heterocycles. The fraction of sp³-hybridized carbons (Fsp3) is 0.217. The number of carboxylic acid groups (broad SMARTS) is 1. The lowest BCUT2D eigenvalue weighted by Crippen LogP contribution is -2.24. The molecular weight excluding hydrogens is 450 g/mol. The predicted molar refractivity (Wildman–Crippen MR) is 124 cm³/mol. The molecule has 0 fully saturated rings. The van der Waals surface area contributed by atoms with Gasteiger partial charge in [-0.3, -0.25) is 4.98 Å². The van der Waals surface area contributed by atoms with Crippen molar-refractivity contribution in [2.24, 2.45) is 0 Å². The second kappa shape index (κ2) is 10.6. The SMILES string of the molecule is CCCC(Nc1cc(Cl)c(S(=O)(=O)NCc2ccccn2)cc1C(=O)O)c1ccccc1. The van der Waals surface area contributed by atoms with E-state index in [9.17, 15) is 18.3 Å². The first-order chi connectivity index (χ1) is 15.3. The number of aromatic carboxylic acids is 1. The predicted octanol–water partition coefficient (Wildman–Crippen LogP) is 4.87. The van der Waals surface area contributed by atoms with Crippen molar-refractivity contribution in [2.75, 3.05) is 5.32 Å². The number of nitrogens with one attached hydrogen (secondary N) is 2. The van der Waals surface area contributed by atoms with E-state index in [4.69, 9.17) is 11.6 Å². The maximum Gasteiger partial charge on any atom is 0.337 e. The average Bonchev–Trinajstić information content (AvgIpc) is 2.78. The van der Waals surface area contributed by atoms with Crippen LogP contribution in [0, 0.1) is 0 Å². The molecule has 9 heteroatoms. The van der Waals surface area contributed by atoms with Crippen LogP contribution in [0.1, 0.15) is 47.4 Å². The Morgan fingerprint density at radius 1 is 1.12 bits per heavy atom. The number of halogens is 1. The van der Waals surface area contributed by atoms with E-state index in [-0.39, 0.29) is 33.8 Å². The molecule has 168 valence electrons. The van der Waals surface area contributed by atoms with Gasteiger partial charge in [-0.25, -0.2) is 17.9 Å². The van der Waals surface area contributed by atoms with E-state index >= 15 is 0 Å². The number of sulfonamides is 1. The van der Waals surface area contributed by atoms with Crippen LogP contribution in [0.5, 0.6) is 0 Å². The average molecular weight is 474 g/mol. The van der Waals surface area contributed by atoms with E-state index in [2.05, 4.69) is 15.0 Å². The Morgan fingerprint density at radius 2 is 1.84 bits per heavy atom. The summed E-state index contributed by atoms with van der Waals surface area (Å²) in [6.07, 6.45) is 3.18. The summed E-state index contributed by atoms with van der Waals surface area (Å²) in [7, 11) is -4.07. The number of anilines is 1. The van der Waals surface area contributed by atoms with Crippen LogP contribution in [0.25, 0.3) is 0 Å². The molecule has 0 amide bonds. The summed E-state index contributed by atoms with van der Waals surface area (Å²) in [4.78, 5) is 15.7. The molecule has 3 rings (SSSR count). The molecule has 0 bridgehead atoms. The summed E-state index contributed by atoms with van der Waals surface area (Å²) in [6.45, 7) is 1.99. The molecule has 0 aliphatic carbocycles. The highest BCUT2D eigenvalue weighted by Crippen LogP contribution is 2.32. The number of carboxylic acids is 1.